The molecule has 0 aromatic heterocycles. The highest BCUT2D eigenvalue weighted by Gasteiger charge is 2.37. The SMILES string of the molecule is O=C1CC(=O)N2C(=O)CSC2=N1. The normalized spacial score (nSPS) is 22.8. The standard InChI is InChI=1S/C6H4N2O3S/c9-3-1-4(10)8-5(11)2-12-6(8)7-3/h1-2H2. The first-order chi connectivity index (χ1) is 5.68. The Hall–Kier alpha value is -1.17. The molecule has 1 fully saturated rings. The van der Waals surface area contributed by atoms with Gasteiger partial charge in [-0.15, -0.1) is 0 Å². The molecule has 0 spiro atoms. The molecule has 0 unspecified atom stereocenters. The van der Waals surface area contributed by atoms with E-state index in [1.54, 1.807) is 0 Å². The van der Waals surface area contributed by atoms with E-state index in [9.17, 15) is 14.4 Å². The van der Waals surface area contributed by atoms with Gasteiger partial charge in [0.15, 0.2) is 5.17 Å². The summed E-state index contributed by atoms with van der Waals surface area (Å²) < 4.78 is 0. The van der Waals surface area contributed by atoms with Crippen molar-refractivity contribution in [3.63, 3.8) is 0 Å². The minimum Gasteiger partial charge on any atom is -0.273 e. The number of imide groups is 1. The van der Waals surface area contributed by atoms with E-state index in [1.807, 2.05) is 0 Å². The van der Waals surface area contributed by atoms with Gasteiger partial charge in [-0.05, 0) is 0 Å². The number of thioether (sulfide) groups is 1. The maximum atomic E-state index is 11.1. The van der Waals surface area contributed by atoms with Gasteiger partial charge in [0, 0.05) is 0 Å². The number of hydrogen-bond donors (Lipinski definition) is 0. The number of aliphatic imine (C=N–C) groups is 1. The third-order valence-corrected chi connectivity index (χ3v) is 2.46. The molecular formula is C6H4N2O3S. The van der Waals surface area contributed by atoms with Crippen LogP contribution in [0.3, 0.4) is 0 Å². The van der Waals surface area contributed by atoms with Crippen LogP contribution in [0.1, 0.15) is 6.42 Å². The molecule has 0 radical (unpaired) electrons. The van der Waals surface area contributed by atoms with E-state index >= 15 is 0 Å². The molecule has 0 atom stereocenters. The lowest BCUT2D eigenvalue weighted by Gasteiger charge is -2.15. The second-order valence-electron chi connectivity index (χ2n) is 2.38. The zero-order valence-corrected chi connectivity index (χ0v) is 6.76. The highest BCUT2D eigenvalue weighted by Crippen LogP contribution is 2.23. The summed E-state index contributed by atoms with van der Waals surface area (Å²) in [5.74, 6) is -0.998. The molecule has 3 amide bonds. The molecule has 0 aromatic rings. The maximum absolute atomic E-state index is 11.1. The third-order valence-electron chi connectivity index (χ3n) is 1.54. The Morgan fingerprint density at radius 1 is 1.25 bits per heavy atom. The lowest BCUT2D eigenvalue weighted by molar-refractivity contribution is -0.140. The summed E-state index contributed by atoms with van der Waals surface area (Å²) in [7, 11) is 0. The molecule has 1 saturated heterocycles. The van der Waals surface area contributed by atoms with Gasteiger partial charge in [0.05, 0.1) is 5.75 Å². The van der Waals surface area contributed by atoms with Crippen LogP contribution in [0, 0.1) is 0 Å². The van der Waals surface area contributed by atoms with E-state index in [0.29, 0.717) is 0 Å². The molecule has 0 saturated carbocycles. The third kappa shape index (κ3) is 0.953. The lowest BCUT2D eigenvalue weighted by Crippen LogP contribution is -2.40. The number of amides is 3. The predicted molar refractivity (Wildman–Crippen MR) is 41.4 cm³/mol. The van der Waals surface area contributed by atoms with Crippen LogP contribution in [0.4, 0.5) is 0 Å². The summed E-state index contributed by atoms with van der Waals surface area (Å²) in [6.07, 6.45) is -0.282. The molecule has 2 rings (SSSR count). The molecule has 6 heteroatoms. The molecule has 5 nitrogen and oxygen atoms in total. The van der Waals surface area contributed by atoms with Crippen molar-refractivity contribution >= 4 is 34.7 Å². The van der Waals surface area contributed by atoms with Crippen molar-refractivity contribution in [1.82, 2.24) is 4.90 Å². The van der Waals surface area contributed by atoms with Gasteiger partial charge < -0.3 is 0 Å². The molecule has 0 N–H and O–H groups in total. The Bertz CT molecular complexity index is 323. The Labute approximate surface area is 71.8 Å². The van der Waals surface area contributed by atoms with E-state index < -0.39 is 11.8 Å². The van der Waals surface area contributed by atoms with E-state index in [1.165, 1.54) is 0 Å². The number of carbonyl (C=O) groups excluding carboxylic acids is 3. The second-order valence-corrected chi connectivity index (χ2v) is 3.32. The number of nitrogens with zero attached hydrogens (tertiary/aromatic N) is 2. The van der Waals surface area contributed by atoms with Crippen LogP contribution in [0.5, 0.6) is 0 Å². The van der Waals surface area contributed by atoms with Gasteiger partial charge in [0.2, 0.25) is 11.8 Å². The maximum Gasteiger partial charge on any atom is 0.257 e. The second kappa shape index (κ2) is 2.41. The number of fused-ring (bicyclic) bond motifs is 1. The summed E-state index contributed by atoms with van der Waals surface area (Å²) >= 11 is 1.13. The van der Waals surface area contributed by atoms with E-state index in [0.717, 1.165) is 16.7 Å². The van der Waals surface area contributed by atoms with Crippen LogP contribution in [0.15, 0.2) is 4.99 Å². The molecule has 0 bridgehead atoms. The number of amidine groups is 1. The molecular weight excluding hydrogens is 180 g/mol. The Kier molecular flexibility index (Phi) is 1.50. The van der Waals surface area contributed by atoms with Gasteiger partial charge in [-0.25, -0.2) is 4.90 Å². The van der Waals surface area contributed by atoms with Crippen molar-refractivity contribution in [2.24, 2.45) is 4.99 Å². The minimum absolute atomic E-state index is 0.206. The van der Waals surface area contributed by atoms with E-state index in [2.05, 4.69) is 4.99 Å². The summed E-state index contributed by atoms with van der Waals surface area (Å²) in [6.45, 7) is 0. The number of carbonyl (C=O) groups is 3. The van der Waals surface area contributed by atoms with Gasteiger partial charge in [-0.1, -0.05) is 11.8 Å². The van der Waals surface area contributed by atoms with Gasteiger partial charge in [-0.3, -0.25) is 14.4 Å². The number of rotatable bonds is 0. The quantitative estimate of drug-likeness (QED) is 0.371. The van der Waals surface area contributed by atoms with Crippen molar-refractivity contribution in [3.05, 3.63) is 0 Å². The predicted octanol–water partition coefficient (Wildman–Crippen LogP) is -0.625. The Morgan fingerprint density at radius 2 is 2.00 bits per heavy atom. The van der Waals surface area contributed by atoms with Crippen molar-refractivity contribution in [1.29, 1.82) is 0 Å². The number of hydrogen-bond acceptors (Lipinski definition) is 4. The smallest absolute Gasteiger partial charge is 0.257 e. The van der Waals surface area contributed by atoms with Crippen LogP contribution in [-0.4, -0.2) is 33.5 Å². The lowest BCUT2D eigenvalue weighted by atomic mass is 10.3. The highest BCUT2D eigenvalue weighted by atomic mass is 32.2. The van der Waals surface area contributed by atoms with Crippen molar-refractivity contribution in [2.45, 2.75) is 6.42 Å². The average molecular weight is 184 g/mol. The van der Waals surface area contributed by atoms with Crippen LogP contribution in [0.25, 0.3) is 0 Å². The minimum atomic E-state index is -0.464. The first-order valence-electron chi connectivity index (χ1n) is 3.28. The zero-order valence-electron chi connectivity index (χ0n) is 5.94. The van der Waals surface area contributed by atoms with Crippen LogP contribution >= 0.6 is 11.8 Å². The molecule has 12 heavy (non-hydrogen) atoms. The molecule has 0 aromatic carbocycles. The topological polar surface area (TPSA) is 66.8 Å². The van der Waals surface area contributed by atoms with Crippen molar-refractivity contribution < 1.29 is 14.4 Å². The molecule has 0 aliphatic carbocycles. The average Bonchev–Trinajstić information content (AvgIpc) is 2.31. The van der Waals surface area contributed by atoms with Crippen molar-refractivity contribution in [3.8, 4) is 0 Å². The van der Waals surface area contributed by atoms with E-state index in [-0.39, 0.29) is 23.2 Å². The molecule has 62 valence electrons. The summed E-state index contributed by atoms with van der Waals surface area (Å²) in [4.78, 5) is 37.4. The highest BCUT2D eigenvalue weighted by molar-refractivity contribution is 8.15. The summed E-state index contributed by atoms with van der Waals surface area (Å²) in [5.41, 5.74) is 0. The molecule has 2 heterocycles. The fourth-order valence-electron chi connectivity index (χ4n) is 1.04. The van der Waals surface area contributed by atoms with Crippen LogP contribution in [0.2, 0.25) is 0 Å². The summed E-state index contributed by atoms with van der Waals surface area (Å²) in [6, 6.07) is 0. The molecule has 2 aliphatic rings. The van der Waals surface area contributed by atoms with Gasteiger partial charge >= 0.3 is 0 Å². The van der Waals surface area contributed by atoms with Crippen LogP contribution in [-0.2, 0) is 14.4 Å². The summed E-state index contributed by atoms with van der Waals surface area (Å²) in [5, 5.41) is 0.237. The van der Waals surface area contributed by atoms with Gasteiger partial charge in [-0.2, -0.15) is 4.99 Å². The van der Waals surface area contributed by atoms with Crippen molar-refractivity contribution in [2.75, 3.05) is 5.75 Å². The van der Waals surface area contributed by atoms with Gasteiger partial charge in [0.25, 0.3) is 5.91 Å². The van der Waals surface area contributed by atoms with Gasteiger partial charge in [0.1, 0.15) is 6.42 Å². The molecule has 2 aliphatic heterocycles. The van der Waals surface area contributed by atoms with E-state index in [4.69, 9.17) is 0 Å². The monoisotopic (exact) mass is 184 g/mol. The largest absolute Gasteiger partial charge is 0.273 e. The fourth-order valence-corrected chi connectivity index (χ4v) is 1.93. The fraction of sp³-hybridized carbons (Fsp3) is 0.333. The van der Waals surface area contributed by atoms with Crippen LogP contribution < -0.4 is 0 Å². The zero-order chi connectivity index (χ0) is 8.72. The Balaban J connectivity index is 2.42. The Morgan fingerprint density at radius 3 is 2.75 bits per heavy atom. The first-order valence-corrected chi connectivity index (χ1v) is 4.27. The first kappa shape index (κ1) is 7.48.